The summed E-state index contributed by atoms with van der Waals surface area (Å²) >= 11 is 8.46. The van der Waals surface area contributed by atoms with Crippen LogP contribution in [0.4, 0.5) is 0 Å². The Morgan fingerprint density at radius 3 is 2.65 bits per heavy atom. The first-order chi connectivity index (χ1) is 23.4. The number of thioether (sulfide) groups is 1. The molecule has 0 bridgehead atoms. The van der Waals surface area contributed by atoms with Gasteiger partial charge in [-0.15, -0.1) is 0 Å². The van der Waals surface area contributed by atoms with Crippen molar-refractivity contribution in [3.8, 4) is 34.8 Å². The molecule has 6 rings (SSSR count). The quantitative estimate of drug-likeness (QED) is 0.191. The van der Waals surface area contributed by atoms with Crippen LogP contribution in [0.15, 0.2) is 77.7 Å². The number of fused-ring (bicyclic) bond motifs is 1. The molecule has 248 valence electrons. The van der Waals surface area contributed by atoms with E-state index in [2.05, 4.69) is 16.7 Å². The lowest BCUT2D eigenvalue weighted by Gasteiger charge is -2.22. The highest BCUT2D eigenvalue weighted by Crippen LogP contribution is 2.35. The van der Waals surface area contributed by atoms with Crippen LogP contribution in [0.1, 0.15) is 35.1 Å². The number of pyridine rings is 1. The van der Waals surface area contributed by atoms with Crippen LogP contribution in [0.2, 0.25) is 5.02 Å². The summed E-state index contributed by atoms with van der Waals surface area (Å²) in [5.41, 5.74) is 3.06. The first-order valence-electron chi connectivity index (χ1n) is 15.6. The molecular formula is C36H35ClN4O6S. The SMILES string of the molecule is CS[C@H](CNCc1cc(Cl)c(OCc2cccn(-c3ccc4c(c3)OCCO4)c2=O)cc1OCc1cccc(C#N)c1)C1CCC(=O)N1. The van der Waals surface area contributed by atoms with Crippen LogP contribution < -0.4 is 35.1 Å². The zero-order valence-electron chi connectivity index (χ0n) is 26.4. The molecule has 10 nitrogen and oxygen atoms in total. The summed E-state index contributed by atoms with van der Waals surface area (Å²) in [7, 11) is 0. The highest BCUT2D eigenvalue weighted by atomic mass is 35.5. The predicted octanol–water partition coefficient (Wildman–Crippen LogP) is 5.39. The zero-order chi connectivity index (χ0) is 33.5. The summed E-state index contributed by atoms with van der Waals surface area (Å²) in [6.45, 7) is 2.28. The third-order valence-corrected chi connectivity index (χ3v) is 9.62. The van der Waals surface area contributed by atoms with E-state index in [0.717, 1.165) is 17.5 Å². The second-order valence-corrected chi connectivity index (χ2v) is 12.9. The molecule has 2 aliphatic rings. The Kier molecular flexibility index (Phi) is 10.8. The molecule has 2 N–H and O–H groups in total. The fraction of sp³-hybridized carbons (Fsp3) is 0.306. The summed E-state index contributed by atoms with van der Waals surface area (Å²) in [6, 6.07) is 22.0. The number of amides is 1. The molecular weight excluding hydrogens is 652 g/mol. The van der Waals surface area contributed by atoms with Gasteiger partial charge in [-0.1, -0.05) is 23.7 Å². The lowest BCUT2D eigenvalue weighted by molar-refractivity contribution is -0.119. The molecule has 0 radical (unpaired) electrons. The molecule has 3 aromatic carbocycles. The second kappa shape index (κ2) is 15.5. The molecule has 3 heterocycles. The van der Waals surface area contributed by atoms with Crippen molar-refractivity contribution in [1.82, 2.24) is 15.2 Å². The first kappa shape index (κ1) is 33.3. The molecule has 48 heavy (non-hydrogen) atoms. The van der Waals surface area contributed by atoms with E-state index < -0.39 is 0 Å². The summed E-state index contributed by atoms with van der Waals surface area (Å²) < 4.78 is 25.3. The van der Waals surface area contributed by atoms with Crippen molar-refractivity contribution in [3.05, 3.63) is 111 Å². The van der Waals surface area contributed by atoms with Gasteiger partial charge >= 0.3 is 0 Å². The molecule has 1 aromatic heterocycles. The Bertz CT molecular complexity index is 1890. The minimum Gasteiger partial charge on any atom is -0.488 e. The van der Waals surface area contributed by atoms with Gasteiger partial charge in [-0.2, -0.15) is 17.0 Å². The molecule has 12 heteroatoms. The predicted molar refractivity (Wildman–Crippen MR) is 184 cm³/mol. The van der Waals surface area contributed by atoms with Gasteiger partial charge < -0.3 is 29.6 Å². The Labute approximate surface area is 287 Å². The number of nitrogens with zero attached hydrogens (tertiary/aromatic N) is 2. The minimum atomic E-state index is -0.234. The van der Waals surface area contributed by atoms with Gasteiger partial charge in [0.05, 0.1) is 27.9 Å². The van der Waals surface area contributed by atoms with Gasteiger partial charge in [-0.3, -0.25) is 14.2 Å². The van der Waals surface area contributed by atoms with E-state index in [4.69, 9.17) is 30.5 Å². The van der Waals surface area contributed by atoms with Crippen molar-refractivity contribution in [2.75, 3.05) is 26.0 Å². The van der Waals surface area contributed by atoms with Crippen LogP contribution in [0.3, 0.4) is 0 Å². The number of hydrogen-bond acceptors (Lipinski definition) is 9. The highest BCUT2D eigenvalue weighted by Gasteiger charge is 2.28. The van der Waals surface area contributed by atoms with Crippen molar-refractivity contribution in [2.24, 2.45) is 0 Å². The minimum absolute atomic E-state index is 0.0201. The molecule has 1 saturated heterocycles. The molecule has 0 aliphatic carbocycles. The third kappa shape index (κ3) is 7.90. The first-order valence-corrected chi connectivity index (χ1v) is 17.3. The van der Waals surface area contributed by atoms with E-state index in [9.17, 15) is 14.9 Å². The molecule has 1 unspecified atom stereocenters. The van der Waals surface area contributed by atoms with Crippen LogP contribution in [0.25, 0.3) is 5.69 Å². The van der Waals surface area contributed by atoms with Gasteiger partial charge in [-0.05, 0) is 60.7 Å². The maximum Gasteiger partial charge on any atom is 0.261 e. The summed E-state index contributed by atoms with van der Waals surface area (Å²) in [5.74, 6) is 2.25. The van der Waals surface area contributed by atoms with Gasteiger partial charge in [0.2, 0.25) is 5.91 Å². The van der Waals surface area contributed by atoms with Crippen molar-refractivity contribution in [3.63, 3.8) is 0 Å². The highest BCUT2D eigenvalue weighted by molar-refractivity contribution is 7.99. The summed E-state index contributed by atoms with van der Waals surface area (Å²) in [5, 5.41) is 16.5. The van der Waals surface area contributed by atoms with E-state index in [0.29, 0.717) is 77.6 Å². The molecule has 2 aliphatic heterocycles. The largest absolute Gasteiger partial charge is 0.488 e. The smallest absolute Gasteiger partial charge is 0.261 e. The van der Waals surface area contributed by atoms with Crippen LogP contribution in [0.5, 0.6) is 23.0 Å². The van der Waals surface area contributed by atoms with Crippen LogP contribution in [-0.2, 0) is 24.6 Å². The molecule has 4 aromatic rings. The van der Waals surface area contributed by atoms with Crippen LogP contribution >= 0.6 is 23.4 Å². The number of nitriles is 1. The van der Waals surface area contributed by atoms with E-state index in [1.165, 1.54) is 4.57 Å². The number of aromatic nitrogens is 1. The summed E-state index contributed by atoms with van der Waals surface area (Å²) in [4.78, 5) is 25.3. The third-order valence-electron chi connectivity index (χ3n) is 8.22. The maximum atomic E-state index is 13.5. The fourth-order valence-corrected chi connectivity index (χ4v) is 6.75. The van der Waals surface area contributed by atoms with Crippen molar-refractivity contribution in [2.45, 2.75) is 43.9 Å². The Hall–Kier alpha value is -4.63. The number of carbonyl (C=O) groups excluding carboxylic acids is 1. The number of carbonyl (C=O) groups is 1. The van der Waals surface area contributed by atoms with E-state index in [1.807, 2.05) is 24.5 Å². The van der Waals surface area contributed by atoms with Gasteiger partial charge in [0.15, 0.2) is 11.5 Å². The normalized spacial score (nSPS) is 15.8. The number of nitrogens with one attached hydrogen (secondary N) is 2. The topological polar surface area (TPSA) is 124 Å². The Balaban J connectivity index is 1.20. The Morgan fingerprint density at radius 2 is 1.85 bits per heavy atom. The van der Waals surface area contributed by atoms with E-state index in [-0.39, 0.29) is 36.0 Å². The monoisotopic (exact) mass is 686 g/mol. The fourth-order valence-electron chi connectivity index (χ4n) is 5.70. The van der Waals surface area contributed by atoms with Gasteiger partial charge in [0, 0.05) is 54.7 Å². The van der Waals surface area contributed by atoms with Crippen LogP contribution in [-0.4, -0.2) is 47.8 Å². The number of benzene rings is 3. The lowest BCUT2D eigenvalue weighted by atomic mass is 10.1. The maximum absolute atomic E-state index is 13.5. The van der Waals surface area contributed by atoms with E-state index >= 15 is 0 Å². The van der Waals surface area contributed by atoms with Gasteiger partial charge in [0.1, 0.15) is 37.9 Å². The van der Waals surface area contributed by atoms with Gasteiger partial charge in [0.25, 0.3) is 5.56 Å². The average molecular weight is 687 g/mol. The standard InChI is InChI=1S/C36H35ClN4O6S/c1-48-34(29-8-10-35(42)40-29)20-39-19-26-15-28(37)32(17-31(26)46-21-24-5-2-4-23(14-24)18-38)47-22-25-6-3-11-41(36(25)43)27-7-9-30-33(16-27)45-13-12-44-30/h2-7,9,11,14-17,29,34,39H,8,10,12-13,19-22H2,1H3,(H,40,42)/t29?,34-/m1/s1. The van der Waals surface area contributed by atoms with Gasteiger partial charge in [-0.25, -0.2) is 0 Å². The molecule has 1 fully saturated rings. The zero-order valence-corrected chi connectivity index (χ0v) is 27.9. The number of rotatable bonds is 13. The van der Waals surface area contributed by atoms with Crippen LogP contribution in [0, 0.1) is 11.3 Å². The average Bonchev–Trinajstić information content (AvgIpc) is 3.55. The van der Waals surface area contributed by atoms with Crippen molar-refractivity contribution < 1.29 is 23.7 Å². The molecule has 1 amide bonds. The number of hydrogen-bond donors (Lipinski definition) is 2. The molecule has 0 saturated carbocycles. The molecule has 0 spiro atoms. The van der Waals surface area contributed by atoms with Crippen molar-refractivity contribution in [1.29, 1.82) is 5.26 Å². The number of ether oxygens (including phenoxy) is 4. The lowest BCUT2D eigenvalue weighted by Crippen LogP contribution is -2.40. The Morgan fingerprint density at radius 1 is 1.02 bits per heavy atom. The second-order valence-electron chi connectivity index (χ2n) is 11.4. The molecule has 2 atom stereocenters. The summed E-state index contributed by atoms with van der Waals surface area (Å²) in [6.07, 6.45) is 5.12. The van der Waals surface area contributed by atoms with Crippen molar-refractivity contribution >= 4 is 29.3 Å². The van der Waals surface area contributed by atoms with E-state index in [1.54, 1.807) is 66.5 Å². The number of halogens is 1.